The van der Waals surface area contributed by atoms with E-state index in [4.69, 9.17) is 0 Å². The lowest BCUT2D eigenvalue weighted by Gasteiger charge is -2.29. The highest BCUT2D eigenvalue weighted by atomic mass is 32.1. The van der Waals surface area contributed by atoms with E-state index in [0.717, 1.165) is 12.5 Å². The Labute approximate surface area is 158 Å². The van der Waals surface area contributed by atoms with Crippen molar-refractivity contribution in [2.45, 2.75) is 32.5 Å². The van der Waals surface area contributed by atoms with Gasteiger partial charge in [-0.05, 0) is 36.8 Å². The van der Waals surface area contributed by atoms with E-state index >= 15 is 0 Å². The fourth-order valence-electron chi connectivity index (χ4n) is 3.72. The number of nitrogens with zero attached hydrogens (tertiary/aromatic N) is 4. The zero-order valence-corrected chi connectivity index (χ0v) is 15.6. The van der Waals surface area contributed by atoms with Gasteiger partial charge in [-0.1, -0.05) is 0 Å². The lowest BCUT2D eigenvalue weighted by atomic mass is 10.0. The molecule has 4 rings (SSSR count). The maximum absolute atomic E-state index is 13.0. The van der Waals surface area contributed by atoms with Crippen LogP contribution in [0.2, 0.25) is 0 Å². The summed E-state index contributed by atoms with van der Waals surface area (Å²) < 4.78 is 39.0. The van der Waals surface area contributed by atoms with Crippen molar-refractivity contribution < 1.29 is 18.0 Å². The minimum Gasteiger partial charge on any atom is -0.356 e. The molecule has 2 aliphatic heterocycles. The molecule has 2 aromatic rings. The van der Waals surface area contributed by atoms with Crippen molar-refractivity contribution in [3.05, 3.63) is 39.5 Å². The fraction of sp³-hybridized carbons (Fsp3) is 0.500. The van der Waals surface area contributed by atoms with Gasteiger partial charge in [-0.15, -0.1) is 11.3 Å². The lowest BCUT2D eigenvalue weighted by molar-refractivity contribution is -0.141. The quantitative estimate of drug-likeness (QED) is 0.782. The van der Waals surface area contributed by atoms with Crippen LogP contribution in [0.3, 0.4) is 0 Å². The third kappa shape index (κ3) is 3.65. The maximum atomic E-state index is 13.0. The standard InChI is InChI=1S/C18H19F3N4OS/c1-11-22-15(18(19,20)21)8-16(23-11)24-5-2-13(10-24)17(26)25-6-3-14-12(9-25)4-7-27-14/h4,7-8,13H,2-3,5-6,9-10H2,1H3. The monoisotopic (exact) mass is 396 g/mol. The number of amides is 1. The zero-order valence-electron chi connectivity index (χ0n) is 14.8. The minimum atomic E-state index is -4.51. The normalized spacial score (nSPS) is 20.1. The number of aromatic nitrogens is 2. The minimum absolute atomic E-state index is 0.0793. The molecule has 1 atom stereocenters. The molecular weight excluding hydrogens is 377 g/mol. The van der Waals surface area contributed by atoms with Crippen LogP contribution in [-0.2, 0) is 23.9 Å². The Morgan fingerprint density at radius 1 is 1.30 bits per heavy atom. The number of aryl methyl sites for hydroxylation is 1. The predicted octanol–water partition coefficient (Wildman–Crippen LogP) is 3.28. The number of anilines is 1. The topological polar surface area (TPSA) is 49.3 Å². The molecule has 1 saturated heterocycles. The van der Waals surface area contributed by atoms with Crippen molar-refractivity contribution >= 4 is 23.1 Å². The van der Waals surface area contributed by atoms with Crippen LogP contribution in [0.25, 0.3) is 0 Å². The van der Waals surface area contributed by atoms with Gasteiger partial charge < -0.3 is 9.80 Å². The maximum Gasteiger partial charge on any atom is 0.433 e. The van der Waals surface area contributed by atoms with E-state index in [9.17, 15) is 18.0 Å². The Balaban J connectivity index is 1.46. The van der Waals surface area contributed by atoms with E-state index in [1.54, 1.807) is 16.2 Å². The fourth-order valence-corrected chi connectivity index (χ4v) is 4.61. The Morgan fingerprint density at radius 2 is 2.11 bits per heavy atom. The molecule has 0 radical (unpaired) electrons. The van der Waals surface area contributed by atoms with Crippen molar-refractivity contribution in [3.63, 3.8) is 0 Å². The molecule has 1 fully saturated rings. The van der Waals surface area contributed by atoms with E-state index in [-0.39, 0.29) is 23.5 Å². The van der Waals surface area contributed by atoms with Crippen LogP contribution in [0.15, 0.2) is 17.5 Å². The average Bonchev–Trinajstić information content (AvgIpc) is 3.28. The Morgan fingerprint density at radius 3 is 2.89 bits per heavy atom. The third-order valence-electron chi connectivity index (χ3n) is 5.10. The molecule has 0 aromatic carbocycles. The molecule has 27 heavy (non-hydrogen) atoms. The van der Waals surface area contributed by atoms with E-state index in [2.05, 4.69) is 16.0 Å². The van der Waals surface area contributed by atoms with Gasteiger partial charge in [0, 0.05) is 37.1 Å². The molecule has 0 saturated carbocycles. The summed E-state index contributed by atoms with van der Waals surface area (Å²) in [6.07, 6.45) is -3.02. The lowest BCUT2D eigenvalue weighted by Crippen LogP contribution is -2.40. The summed E-state index contributed by atoms with van der Waals surface area (Å²) in [7, 11) is 0. The summed E-state index contributed by atoms with van der Waals surface area (Å²) in [6.45, 7) is 3.68. The summed E-state index contributed by atoms with van der Waals surface area (Å²) in [5.74, 6) is 0.186. The summed E-state index contributed by atoms with van der Waals surface area (Å²) in [5.41, 5.74) is 0.261. The molecule has 0 aliphatic carbocycles. The number of thiophene rings is 1. The van der Waals surface area contributed by atoms with Crippen molar-refractivity contribution in [2.24, 2.45) is 5.92 Å². The van der Waals surface area contributed by atoms with Gasteiger partial charge in [0.25, 0.3) is 0 Å². The molecule has 9 heteroatoms. The number of hydrogen-bond donors (Lipinski definition) is 0. The number of hydrogen-bond acceptors (Lipinski definition) is 5. The molecule has 0 N–H and O–H groups in total. The van der Waals surface area contributed by atoms with E-state index in [0.29, 0.717) is 32.6 Å². The first-order chi connectivity index (χ1) is 12.8. The summed E-state index contributed by atoms with van der Waals surface area (Å²) in [6, 6.07) is 3.03. The van der Waals surface area contributed by atoms with Crippen LogP contribution in [-0.4, -0.2) is 40.4 Å². The first kappa shape index (κ1) is 18.2. The molecule has 0 spiro atoms. The summed E-state index contributed by atoms with van der Waals surface area (Å²) in [4.78, 5) is 25.5. The molecule has 0 bridgehead atoms. The first-order valence-electron chi connectivity index (χ1n) is 8.83. The number of fused-ring (bicyclic) bond motifs is 1. The molecular formula is C18H19F3N4OS. The number of carbonyl (C=O) groups is 1. The van der Waals surface area contributed by atoms with Crippen LogP contribution >= 0.6 is 11.3 Å². The largest absolute Gasteiger partial charge is 0.433 e. The van der Waals surface area contributed by atoms with Gasteiger partial charge in [-0.25, -0.2) is 9.97 Å². The Hall–Kier alpha value is -2.16. The van der Waals surface area contributed by atoms with Crippen molar-refractivity contribution in [3.8, 4) is 0 Å². The van der Waals surface area contributed by atoms with Crippen LogP contribution < -0.4 is 4.90 Å². The van der Waals surface area contributed by atoms with Gasteiger partial charge in [0.2, 0.25) is 5.91 Å². The van der Waals surface area contributed by atoms with Crippen molar-refractivity contribution in [1.29, 1.82) is 0 Å². The van der Waals surface area contributed by atoms with Crippen molar-refractivity contribution in [2.75, 3.05) is 24.5 Å². The second-order valence-corrected chi connectivity index (χ2v) is 7.97. The number of rotatable bonds is 2. The molecule has 4 heterocycles. The highest BCUT2D eigenvalue weighted by Crippen LogP contribution is 2.32. The zero-order chi connectivity index (χ0) is 19.2. The Bertz CT molecular complexity index is 867. The van der Waals surface area contributed by atoms with Crippen LogP contribution in [0.5, 0.6) is 0 Å². The molecule has 1 unspecified atom stereocenters. The average molecular weight is 396 g/mol. The van der Waals surface area contributed by atoms with Gasteiger partial charge in [-0.3, -0.25) is 4.79 Å². The van der Waals surface area contributed by atoms with Gasteiger partial charge in [-0.2, -0.15) is 13.2 Å². The number of alkyl halides is 3. The van der Waals surface area contributed by atoms with Crippen LogP contribution in [0, 0.1) is 12.8 Å². The van der Waals surface area contributed by atoms with E-state index < -0.39 is 11.9 Å². The van der Waals surface area contributed by atoms with Gasteiger partial charge in [0.05, 0.1) is 5.92 Å². The smallest absolute Gasteiger partial charge is 0.356 e. The second-order valence-electron chi connectivity index (χ2n) is 6.97. The Kier molecular flexibility index (Phi) is 4.57. The molecule has 2 aromatic heterocycles. The first-order valence-corrected chi connectivity index (χ1v) is 9.71. The van der Waals surface area contributed by atoms with E-state index in [1.807, 2.05) is 10.3 Å². The summed E-state index contributed by atoms with van der Waals surface area (Å²) >= 11 is 1.72. The molecule has 1 amide bonds. The van der Waals surface area contributed by atoms with Gasteiger partial charge in [0.1, 0.15) is 17.3 Å². The van der Waals surface area contributed by atoms with Gasteiger partial charge in [0.15, 0.2) is 0 Å². The third-order valence-corrected chi connectivity index (χ3v) is 6.12. The number of carbonyl (C=O) groups excluding carboxylic acids is 1. The van der Waals surface area contributed by atoms with Crippen molar-refractivity contribution in [1.82, 2.24) is 14.9 Å². The SMILES string of the molecule is Cc1nc(N2CCC(C(=O)N3CCc4sccc4C3)C2)cc(C(F)(F)F)n1. The summed E-state index contributed by atoms with van der Waals surface area (Å²) in [5, 5.41) is 2.05. The number of halogens is 3. The molecule has 144 valence electrons. The highest BCUT2D eigenvalue weighted by molar-refractivity contribution is 7.10. The predicted molar refractivity (Wildman–Crippen MR) is 95.5 cm³/mol. The van der Waals surface area contributed by atoms with Crippen LogP contribution in [0.1, 0.15) is 28.4 Å². The molecule has 2 aliphatic rings. The van der Waals surface area contributed by atoms with Crippen LogP contribution in [0.4, 0.5) is 19.0 Å². The second kappa shape index (κ2) is 6.78. The highest BCUT2D eigenvalue weighted by Gasteiger charge is 2.36. The van der Waals surface area contributed by atoms with E-state index in [1.165, 1.54) is 17.4 Å². The van der Waals surface area contributed by atoms with Gasteiger partial charge >= 0.3 is 6.18 Å². The molecule has 5 nitrogen and oxygen atoms in total.